The monoisotopic (exact) mass is 389 g/mol. The maximum Gasteiger partial charge on any atom is 0.223 e. The molecule has 0 saturated heterocycles. The van der Waals surface area contributed by atoms with Crippen LogP contribution in [0.1, 0.15) is 17.8 Å². The topological polar surface area (TPSA) is 132 Å². The van der Waals surface area contributed by atoms with Gasteiger partial charge in [-0.2, -0.15) is 15.1 Å². The Morgan fingerprint density at radius 1 is 1.17 bits per heavy atom. The SMILES string of the molecule is Cc1nc(N)nc(-c2c(Nc3ccn[nH]3)nc3ccc(C4=CCOCC4)cn23)n1. The van der Waals surface area contributed by atoms with Crippen molar-refractivity contribution in [3.63, 3.8) is 0 Å². The average Bonchev–Trinajstić information content (AvgIpc) is 3.35. The number of ether oxygens (including phenoxy) is 1. The molecule has 0 spiro atoms. The number of nitrogen functional groups attached to an aromatic ring is 1. The van der Waals surface area contributed by atoms with Gasteiger partial charge in [-0.1, -0.05) is 6.08 Å². The van der Waals surface area contributed by atoms with Crippen LogP contribution in [0.4, 0.5) is 17.6 Å². The molecule has 10 nitrogen and oxygen atoms in total. The third kappa shape index (κ3) is 3.29. The van der Waals surface area contributed by atoms with Crippen LogP contribution < -0.4 is 11.1 Å². The number of H-pyrrole nitrogens is 1. The van der Waals surface area contributed by atoms with Gasteiger partial charge in [-0.3, -0.25) is 9.50 Å². The summed E-state index contributed by atoms with van der Waals surface area (Å²) in [6, 6.07) is 5.86. The Morgan fingerprint density at radius 3 is 2.86 bits per heavy atom. The molecule has 146 valence electrons. The van der Waals surface area contributed by atoms with Crippen molar-refractivity contribution in [2.75, 3.05) is 24.3 Å². The van der Waals surface area contributed by atoms with E-state index in [1.165, 1.54) is 5.57 Å². The number of aromatic amines is 1. The highest BCUT2D eigenvalue weighted by Gasteiger charge is 2.20. The highest BCUT2D eigenvalue weighted by Crippen LogP contribution is 2.31. The van der Waals surface area contributed by atoms with E-state index in [0.717, 1.165) is 24.2 Å². The van der Waals surface area contributed by atoms with Gasteiger partial charge >= 0.3 is 0 Å². The average molecular weight is 389 g/mol. The van der Waals surface area contributed by atoms with E-state index in [2.05, 4.69) is 42.6 Å². The number of nitrogens with two attached hydrogens (primary N) is 1. The van der Waals surface area contributed by atoms with Crippen molar-refractivity contribution in [3.8, 4) is 11.5 Å². The van der Waals surface area contributed by atoms with Gasteiger partial charge in [0.2, 0.25) is 5.95 Å². The van der Waals surface area contributed by atoms with Crippen molar-refractivity contribution in [2.45, 2.75) is 13.3 Å². The van der Waals surface area contributed by atoms with E-state index < -0.39 is 0 Å². The minimum atomic E-state index is 0.165. The minimum Gasteiger partial charge on any atom is -0.377 e. The van der Waals surface area contributed by atoms with Crippen molar-refractivity contribution in [3.05, 3.63) is 48.1 Å². The van der Waals surface area contributed by atoms with Crippen LogP contribution in [0.5, 0.6) is 0 Å². The predicted octanol–water partition coefficient (Wildman–Crippen LogP) is 2.35. The summed E-state index contributed by atoms with van der Waals surface area (Å²) < 4.78 is 7.41. The normalized spacial score (nSPS) is 14.2. The number of aryl methyl sites for hydroxylation is 1. The van der Waals surface area contributed by atoms with Gasteiger partial charge in [0.25, 0.3) is 0 Å². The molecule has 0 aromatic carbocycles. The van der Waals surface area contributed by atoms with Crippen molar-refractivity contribution in [1.82, 2.24) is 34.5 Å². The smallest absolute Gasteiger partial charge is 0.223 e. The van der Waals surface area contributed by atoms with Crippen LogP contribution in [0.15, 0.2) is 36.7 Å². The molecule has 0 unspecified atom stereocenters. The number of nitrogens with one attached hydrogen (secondary N) is 2. The molecule has 1 aliphatic heterocycles. The summed E-state index contributed by atoms with van der Waals surface area (Å²) in [7, 11) is 0. The third-order valence-corrected chi connectivity index (χ3v) is 4.68. The molecule has 1 aliphatic rings. The van der Waals surface area contributed by atoms with Gasteiger partial charge in [0.15, 0.2) is 11.6 Å². The lowest BCUT2D eigenvalue weighted by atomic mass is 10.0. The first-order valence-electron chi connectivity index (χ1n) is 9.21. The number of imidazole rings is 1. The fourth-order valence-electron chi connectivity index (χ4n) is 3.39. The van der Waals surface area contributed by atoms with Crippen LogP contribution in [0.3, 0.4) is 0 Å². The molecule has 0 atom stereocenters. The summed E-state index contributed by atoms with van der Waals surface area (Å²) in [4.78, 5) is 17.7. The Bertz CT molecular complexity index is 1190. The van der Waals surface area contributed by atoms with E-state index in [0.29, 0.717) is 35.6 Å². The molecule has 5 heterocycles. The first-order valence-corrected chi connectivity index (χ1v) is 9.21. The fraction of sp³-hybridized carbons (Fsp3) is 0.211. The first-order chi connectivity index (χ1) is 14.2. The highest BCUT2D eigenvalue weighted by molar-refractivity contribution is 5.77. The number of nitrogens with zero attached hydrogens (tertiary/aromatic N) is 6. The molecule has 10 heteroatoms. The van der Waals surface area contributed by atoms with Gasteiger partial charge in [0.1, 0.15) is 23.0 Å². The molecule has 0 fully saturated rings. The lowest BCUT2D eigenvalue weighted by molar-refractivity contribution is 0.161. The number of pyridine rings is 1. The van der Waals surface area contributed by atoms with E-state index >= 15 is 0 Å². The number of aromatic nitrogens is 7. The standard InChI is InChI=1S/C19H19N9O/c1-11-22-17(26-19(20)23-11)16-18(24-14-4-7-21-27-14)25-15-3-2-13(10-28(15)16)12-5-8-29-9-6-12/h2-5,7,10H,6,8-9H2,1H3,(H2,21,24,27)(H2,20,22,23,26). The van der Waals surface area contributed by atoms with Crippen molar-refractivity contribution in [1.29, 1.82) is 0 Å². The van der Waals surface area contributed by atoms with E-state index in [9.17, 15) is 0 Å². The van der Waals surface area contributed by atoms with E-state index in [1.54, 1.807) is 13.1 Å². The number of fused-ring (bicyclic) bond motifs is 1. The zero-order valence-electron chi connectivity index (χ0n) is 15.8. The molecule has 4 N–H and O–H groups in total. The minimum absolute atomic E-state index is 0.165. The maximum absolute atomic E-state index is 5.89. The highest BCUT2D eigenvalue weighted by atomic mass is 16.5. The van der Waals surface area contributed by atoms with Gasteiger partial charge in [-0.15, -0.1) is 0 Å². The molecule has 4 aromatic heterocycles. The summed E-state index contributed by atoms with van der Waals surface area (Å²) in [6.07, 6.45) is 6.68. The second kappa shape index (κ2) is 6.99. The van der Waals surface area contributed by atoms with Gasteiger partial charge in [0.05, 0.1) is 19.4 Å². The molecule has 0 amide bonds. The van der Waals surface area contributed by atoms with Crippen LogP contribution in [0, 0.1) is 6.92 Å². The molecule has 4 aromatic rings. The van der Waals surface area contributed by atoms with Crippen LogP contribution >= 0.6 is 0 Å². The molecule has 0 saturated carbocycles. The molecule has 5 rings (SSSR count). The molecular weight excluding hydrogens is 370 g/mol. The summed E-state index contributed by atoms with van der Waals surface area (Å²) in [6.45, 7) is 3.13. The molecule has 29 heavy (non-hydrogen) atoms. The Hall–Kier alpha value is -3.79. The quantitative estimate of drug-likeness (QED) is 0.484. The lowest BCUT2D eigenvalue weighted by Gasteiger charge is -2.14. The summed E-state index contributed by atoms with van der Waals surface area (Å²) in [5, 5.41) is 10.1. The second-order valence-electron chi connectivity index (χ2n) is 6.67. The van der Waals surface area contributed by atoms with E-state index in [4.69, 9.17) is 15.5 Å². The Kier molecular flexibility index (Phi) is 4.17. The van der Waals surface area contributed by atoms with Crippen molar-refractivity contribution < 1.29 is 4.74 Å². The first kappa shape index (κ1) is 17.3. The molecular formula is C19H19N9O. The Morgan fingerprint density at radius 2 is 2.10 bits per heavy atom. The maximum atomic E-state index is 5.89. The van der Waals surface area contributed by atoms with Crippen LogP contribution in [-0.2, 0) is 4.74 Å². The van der Waals surface area contributed by atoms with Crippen molar-refractivity contribution in [2.24, 2.45) is 0 Å². The van der Waals surface area contributed by atoms with Crippen molar-refractivity contribution >= 4 is 28.8 Å². The third-order valence-electron chi connectivity index (χ3n) is 4.68. The van der Waals surface area contributed by atoms with Gasteiger partial charge in [0, 0.05) is 12.3 Å². The number of rotatable bonds is 4. The number of hydrogen-bond donors (Lipinski definition) is 3. The van der Waals surface area contributed by atoms with Gasteiger partial charge < -0.3 is 15.8 Å². The fourth-order valence-corrected chi connectivity index (χ4v) is 3.39. The molecule has 0 bridgehead atoms. The summed E-state index contributed by atoms with van der Waals surface area (Å²) >= 11 is 0. The van der Waals surface area contributed by atoms with Gasteiger partial charge in [-0.05, 0) is 36.6 Å². The van der Waals surface area contributed by atoms with Gasteiger partial charge in [-0.25, -0.2) is 9.97 Å². The number of hydrogen-bond acceptors (Lipinski definition) is 8. The molecule has 0 radical (unpaired) electrons. The largest absolute Gasteiger partial charge is 0.377 e. The van der Waals surface area contributed by atoms with Crippen LogP contribution in [0.25, 0.3) is 22.7 Å². The second-order valence-corrected chi connectivity index (χ2v) is 6.67. The Labute approximate surface area is 165 Å². The van der Waals surface area contributed by atoms with E-state index in [-0.39, 0.29) is 5.95 Å². The summed E-state index contributed by atoms with van der Waals surface area (Å²) in [5.41, 5.74) is 9.69. The number of anilines is 3. The predicted molar refractivity (Wildman–Crippen MR) is 108 cm³/mol. The Balaban J connectivity index is 1.71. The summed E-state index contributed by atoms with van der Waals surface area (Å²) in [5.74, 6) is 2.46. The van der Waals surface area contributed by atoms with Crippen LogP contribution in [-0.4, -0.2) is 47.7 Å². The van der Waals surface area contributed by atoms with E-state index in [1.807, 2.05) is 22.7 Å². The van der Waals surface area contributed by atoms with Crippen LogP contribution in [0.2, 0.25) is 0 Å². The lowest BCUT2D eigenvalue weighted by Crippen LogP contribution is -2.06. The zero-order chi connectivity index (χ0) is 19.8. The zero-order valence-corrected chi connectivity index (χ0v) is 15.8. The molecule has 0 aliphatic carbocycles.